The predicted molar refractivity (Wildman–Crippen MR) is 97.9 cm³/mol. The summed E-state index contributed by atoms with van der Waals surface area (Å²) >= 11 is 0. The number of piperidine rings is 3. The van der Waals surface area contributed by atoms with Crippen LogP contribution < -0.4 is 14.2 Å². The van der Waals surface area contributed by atoms with E-state index in [4.69, 9.17) is 14.2 Å². The van der Waals surface area contributed by atoms with E-state index in [1.165, 1.54) is 6.20 Å². The van der Waals surface area contributed by atoms with Gasteiger partial charge in [0, 0.05) is 30.3 Å². The van der Waals surface area contributed by atoms with Crippen LogP contribution in [0.25, 0.3) is 0 Å². The third kappa shape index (κ3) is 3.73. The van der Waals surface area contributed by atoms with Crippen molar-refractivity contribution < 1.29 is 19.0 Å². The Hall–Kier alpha value is -2.67. The van der Waals surface area contributed by atoms with Gasteiger partial charge in [-0.05, 0) is 45.8 Å². The monoisotopic (exact) mass is 369 g/mol. The van der Waals surface area contributed by atoms with E-state index in [1.54, 1.807) is 36.4 Å². The van der Waals surface area contributed by atoms with Gasteiger partial charge in [-0.2, -0.15) is 4.98 Å². The fourth-order valence-corrected chi connectivity index (χ4v) is 4.02. The molecule has 7 nitrogen and oxygen atoms in total. The Morgan fingerprint density at radius 1 is 1.04 bits per heavy atom. The van der Waals surface area contributed by atoms with Crippen LogP contribution >= 0.6 is 0 Å². The highest BCUT2D eigenvalue weighted by Gasteiger charge is 2.49. The summed E-state index contributed by atoms with van der Waals surface area (Å²) in [6.45, 7) is 6.67. The molecule has 2 aromatic rings. The summed E-state index contributed by atoms with van der Waals surface area (Å²) in [5, 5.41) is 0. The summed E-state index contributed by atoms with van der Waals surface area (Å²) in [5.74, 6) is 1.27. The molecule has 3 fully saturated rings. The van der Waals surface area contributed by atoms with Crippen molar-refractivity contribution >= 4 is 6.16 Å². The maximum absolute atomic E-state index is 11.9. The van der Waals surface area contributed by atoms with Gasteiger partial charge in [0.15, 0.2) is 0 Å². The van der Waals surface area contributed by atoms with Crippen LogP contribution in [0.1, 0.15) is 26.7 Å². The molecule has 142 valence electrons. The minimum absolute atomic E-state index is 0.0440. The number of fused-ring (bicyclic) bond motifs is 3. The van der Waals surface area contributed by atoms with E-state index >= 15 is 0 Å². The standard InChI is InChI=1S/C20H23N3O4/c1-20(2)18(14-9-12-23(20)13-10-14)25-16-7-5-8-17(22-16)27-19(24)26-15-6-3-4-11-21-15/h3-8,11,14,18H,9-10,12-13H2,1-2H3/t18-/m0/s1. The van der Waals surface area contributed by atoms with Gasteiger partial charge in [0.2, 0.25) is 17.6 Å². The van der Waals surface area contributed by atoms with Gasteiger partial charge in [0.05, 0.1) is 5.54 Å². The number of hydrogen-bond donors (Lipinski definition) is 0. The van der Waals surface area contributed by atoms with Crippen LogP contribution in [0.2, 0.25) is 0 Å². The van der Waals surface area contributed by atoms with Crippen molar-refractivity contribution in [1.29, 1.82) is 0 Å². The van der Waals surface area contributed by atoms with Crippen molar-refractivity contribution in [2.24, 2.45) is 5.92 Å². The van der Waals surface area contributed by atoms with Gasteiger partial charge in [-0.1, -0.05) is 12.1 Å². The smallest absolute Gasteiger partial charge is 0.472 e. The Morgan fingerprint density at radius 3 is 2.44 bits per heavy atom. The van der Waals surface area contributed by atoms with Crippen LogP contribution in [-0.4, -0.2) is 45.8 Å². The van der Waals surface area contributed by atoms with E-state index in [0.717, 1.165) is 25.9 Å². The number of ether oxygens (including phenoxy) is 3. The predicted octanol–water partition coefficient (Wildman–Crippen LogP) is 3.31. The Kier molecular flexibility index (Phi) is 4.70. The van der Waals surface area contributed by atoms with Crippen molar-refractivity contribution in [3.8, 4) is 17.6 Å². The van der Waals surface area contributed by atoms with Crippen LogP contribution in [0.15, 0.2) is 42.6 Å². The lowest BCUT2D eigenvalue weighted by Gasteiger charge is -2.55. The molecule has 0 aliphatic carbocycles. The van der Waals surface area contributed by atoms with Crippen molar-refractivity contribution in [3.63, 3.8) is 0 Å². The number of carbonyl (C=O) groups excluding carboxylic acids is 1. The maximum Gasteiger partial charge on any atom is 0.522 e. The Balaban J connectivity index is 1.43. The molecule has 0 N–H and O–H groups in total. The summed E-state index contributed by atoms with van der Waals surface area (Å²) in [7, 11) is 0. The first kappa shape index (κ1) is 17.7. The molecule has 2 aromatic heterocycles. The van der Waals surface area contributed by atoms with Crippen LogP contribution in [0.3, 0.4) is 0 Å². The molecule has 0 saturated carbocycles. The largest absolute Gasteiger partial charge is 0.522 e. The lowest BCUT2D eigenvalue weighted by atomic mass is 9.73. The molecule has 3 aliphatic rings. The molecule has 0 amide bonds. The van der Waals surface area contributed by atoms with Gasteiger partial charge in [-0.3, -0.25) is 4.90 Å². The number of pyridine rings is 2. The molecule has 2 bridgehead atoms. The Labute approximate surface area is 158 Å². The van der Waals surface area contributed by atoms with E-state index in [0.29, 0.717) is 11.8 Å². The van der Waals surface area contributed by atoms with Gasteiger partial charge in [0.1, 0.15) is 6.10 Å². The summed E-state index contributed by atoms with van der Waals surface area (Å²) in [6.07, 6.45) is 2.98. The van der Waals surface area contributed by atoms with E-state index in [2.05, 4.69) is 28.7 Å². The van der Waals surface area contributed by atoms with Crippen molar-refractivity contribution in [3.05, 3.63) is 42.6 Å². The Bertz CT molecular complexity index is 804. The van der Waals surface area contributed by atoms with E-state index in [1.807, 2.05) is 0 Å². The molecule has 0 spiro atoms. The molecular formula is C20H23N3O4. The van der Waals surface area contributed by atoms with Crippen LogP contribution in [0.4, 0.5) is 4.79 Å². The van der Waals surface area contributed by atoms with Gasteiger partial charge in [0.25, 0.3) is 0 Å². The zero-order valence-electron chi connectivity index (χ0n) is 15.5. The first-order chi connectivity index (χ1) is 13.0. The number of nitrogens with zero attached hydrogens (tertiary/aromatic N) is 3. The molecule has 3 aliphatic heterocycles. The molecule has 0 aromatic carbocycles. The fourth-order valence-electron chi connectivity index (χ4n) is 4.02. The first-order valence-corrected chi connectivity index (χ1v) is 9.22. The number of carbonyl (C=O) groups is 1. The second-order valence-corrected chi connectivity index (χ2v) is 7.45. The molecule has 27 heavy (non-hydrogen) atoms. The van der Waals surface area contributed by atoms with Gasteiger partial charge >= 0.3 is 6.16 Å². The Morgan fingerprint density at radius 2 is 1.74 bits per heavy atom. The quantitative estimate of drug-likeness (QED) is 0.766. The number of rotatable bonds is 4. The molecule has 3 saturated heterocycles. The third-order valence-electron chi connectivity index (χ3n) is 5.44. The number of hydrogen-bond acceptors (Lipinski definition) is 7. The summed E-state index contributed by atoms with van der Waals surface area (Å²) < 4.78 is 16.4. The highest BCUT2D eigenvalue weighted by molar-refractivity contribution is 5.65. The van der Waals surface area contributed by atoms with Crippen molar-refractivity contribution in [1.82, 2.24) is 14.9 Å². The van der Waals surface area contributed by atoms with Gasteiger partial charge < -0.3 is 14.2 Å². The second-order valence-electron chi connectivity index (χ2n) is 7.45. The van der Waals surface area contributed by atoms with Gasteiger partial charge in [-0.25, -0.2) is 9.78 Å². The highest BCUT2D eigenvalue weighted by atomic mass is 16.7. The summed E-state index contributed by atoms with van der Waals surface area (Å²) in [6, 6.07) is 10.2. The zero-order valence-corrected chi connectivity index (χ0v) is 15.5. The lowest BCUT2D eigenvalue weighted by molar-refractivity contribution is -0.106. The fraction of sp³-hybridized carbons (Fsp3) is 0.450. The van der Waals surface area contributed by atoms with Crippen LogP contribution in [0.5, 0.6) is 17.6 Å². The van der Waals surface area contributed by atoms with Crippen LogP contribution in [-0.2, 0) is 0 Å². The van der Waals surface area contributed by atoms with E-state index in [-0.39, 0.29) is 23.4 Å². The molecule has 5 heterocycles. The lowest BCUT2D eigenvalue weighted by Crippen LogP contribution is -2.65. The summed E-state index contributed by atoms with van der Waals surface area (Å²) in [5.41, 5.74) is -0.0440. The maximum atomic E-state index is 11.9. The molecule has 1 atom stereocenters. The average molecular weight is 369 g/mol. The molecule has 5 rings (SSSR count). The topological polar surface area (TPSA) is 73.8 Å². The normalized spacial score (nSPS) is 25.6. The van der Waals surface area contributed by atoms with Crippen LogP contribution in [0, 0.1) is 5.92 Å². The molecule has 0 radical (unpaired) electrons. The average Bonchev–Trinajstić information content (AvgIpc) is 2.66. The molecule has 7 heteroatoms. The molecular weight excluding hydrogens is 346 g/mol. The minimum Gasteiger partial charge on any atom is -0.472 e. The first-order valence-electron chi connectivity index (χ1n) is 9.22. The van der Waals surface area contributed by atoms with E-state index < -0.39 is 6.16 Å². The van der Waals surface area contributed by atoms with Gasteiger partial charge in [-0.15, -0.1) is 0 Å². The minimum atomic E-state index is -0.887. The third-order valence-corrected chi connectivity index (χ3v) is 5.44. The second kappa shape index (κ2) is 7.15. The van der Waals surface area contributed by atoms with Crippen molar-refractivity contribution in [2.45, 2.75) is 38.3 Å². The molecule has 0 unspecified atom stereocenters. The van der Waals surface area contributed by atoms with Crippen molar-refractivity contribution in [2.75, 3.05) is 13.1 Å². The number of aromatic nitrogens is 2. The van der Waals surface area contributed by atoms with E-state index in [9.17, 15) is 4.79 Å². The summed E-state index contributed by atoms with van der Waals surface area (Å²) in [4.78, 5) is 22.6. The SMILES string of the molecule is CC1(C)[C@@H](Oc2cccc(OC(=O)Oc3ccccn3)n2)C2CCN1CC2. The highest BCUT2D eigenvalue weighted by Crippen LogP contribution is 2.41. The zero-order chi connectivity index (χ0) is 18.9.